The number of hydrogen-bond donors (Lipinski definition) is 1. The zero-order chi connectivity index (χ0) is 12.4. The second-order valence-electron chi connectivity index (χ2n) is 4.47. The Labute approximate surface area is 105 Å². The Bertz CT molecular complexity index is 415. The molecule has 1 atom stereocenters. The van der Waals surface area contributed by atoms with E-state index < -0.39 is 0 Å². The Balaban J connectivity index is 2.14. The molecule has 0 aromatic carbocycles. The van der Waals surface area contributed by atoms with Crippen LogP contribution in [0, 0.1) is 0 Å². The van der Waals surface area contributed by atoms with Crippen molar-refractivity contribution in [1.29, 1.82) is 0 Å². The van der Waals surface area contributed by atoms with E-state index in [-0.39, 0.29) is 11.9 Å². The zero-order valence-electron chi connectivity index (χ0n) is 10.4. The summed E-state index contributed by atoms with van der Waals surface area (Å²) in [6.07, 6.45) is 1.78. The second-order valence-corrected chi connectivity index (χ2v) is 5.55. The van der Waals surface area contributed by atoms with E-state index in [0.29, 0.717) is 12.6 Å². The molecule has 1 N–H and O–H groups in total. The number of anilines is 1. The van der Waals surface area contributed by atoms with Gasteiger partial charge in [0.1, 0.15) is 5.92 Å². The maximum Gasteiger partial charge on any atom is 0.315 e. The minimum Gasteiger partial charge on any atom is -0.465 e. The number of aryl methyl sites for hydroxylation is 1. The average molecular weight is 254 g/mol. The fourth-order valence-electron chi connectivity index (χ4n) is 2.01. The van der Waals surface area contributed by atoms with Gasteiger partial charge in [-0.25, -0.2) is 4.98 Å². The van der Waals surface area contributed by atoms with Crippen LogP contribution in [0.3, 0.4) is 0 Å². The van der Waals surface area contributed by atoms with Gasteiger partial charge in [0.2, 0.25) is 0 Å². The molecule has 1 aliphatic rings. The lowest BCUT2D eigenvalue weighted by molar-refractivity contribution is -0.145. The highest BCUT2D eigenvalue weighted by molar-refractivity contribution is 7.15. The summed E-state index contributed by atoms with van der Waals surface area (Å²) in [4.78, 5) is 17.5. The summed E-state index contributed by atoms with van der Waals surface area (Å²) in [5.74, 6) is -0.281. The van der Waals surface area contributed by atoms with Crippen LogP contribution in [0.2, 0.25) is 0 Å². The highest BCUT2D eigenvalue weighted by atomic mass is 32.1. The van der Waals surface area contributed by atoms with Gasteiger partial charge in [-0.1, -0.05) is 0 Å². The van der Waals surface area contributed by atoms with Crippen LogP contribution in [0.25, 0.3) is 0 Å². The van der Waals surface area contributed by atoms with E-state index >= 15 is 0 Å². The second kappa shape index (κ2) is 5.04. The molecule has 0 saturated heterocycles. The molecule has 1 unspecified atom stereocenters. The normalized spacial score (nSPS) is 18.2. The maximum absolute atomic E-state index is 11.8. The largest absolute Gasteiger partial charge is 0.465 e. The fraction of sp³-hybridized carbons (Fsp3) is 0.667. The number of esters is 1. The molecule has 4 nitrogen and oxygen atoms in total. The Morgan fingerprint density at radius 2 is 2.41 bits per heavy atom. The molecule has 0 amide bonds. The molecule has 0 aliphatic heterocycles. The molecule has 0 spiro atoms. The first-order valence-electron chi connectivity index (χ1n) is 6.04. The maximum atomic E-state index is 11.8. The van der Waals surface area contributed by atoms with E-state index in [2.05, 4.69) is 24.1 Å². The van der Waals surface area contributed by atoms with Crippen LogP contribution in [-0.4, -0.2) is 23.6 Å². The van der Waals surface area contributed by atoms with Gasteiger partial charge < -0.3 is 10.1 Å². The highest BCUT2D eigenvalue weighted by Crippen LogP contribution is 2.39. The summed E-state index contributed by atoms with van der Waals surface area (Å²) in [5, 5.41) is 4.20. The van der Waals surface area contributed by atoms with Gasteiger partial charge in [-0.05, 0) is 33.6 Å². The molecule has 1 aromatic rings. The number of hydrogen-bond acceptors (Lipinski definition) is 5. The summed E-state index contributed by atoms with van der Waals surface area (Å²) < 4.78 is 5.08. The summed E-state index contributed by atoms with van der Waals surface area (Å²) in [7, 11) is 0. The van der Waals surface area contributed by atoms with Gasteiger partial charge in [0.05, 0.1) is 12.3 Å². The van der Waals surface area contributed by atoms with Crippen LogP contribution in [-0.2, 0) is 16.0 Å². The van der Waals surface area contributed by atoms with Crippen LogP contribution in [0.15, 0.2) is 0 Å². The number of fused-ring (bicyclic) bond motifs is 1. The smallest absolute Gasteiger partial charge is 0.315 e. The van der Waals surface area contributed by atoms with Crippen LogP contribution >= 0.6 is 11.3 Å². The number of nitrogens with zero attached hydrogens (tertiary/aromatic N) is 1. The zero-order valence-corrected chi connectivity index (χ0v) is 11.3. The van der Waals surface area contributed by atoms with Gasteiger partial charge >= 0.3 is 5.97 Å². The van der Waals surface area contributed by atoms with Crippen molar-refractivity contribution in [2.45, 2.75) is 45.6 Å². The van der Waals surface area contributed by atoms with Crippen LogP contribution in [0.4, 0.5) is 5.13 Å². The van der Waals surface area contributed by atoms with Crippen LogP contribution < -0.4 is 5.32 Å². The Hall–Kier alpha value is -1.10. The molecule has 2 rings (SSSR count). The standard InChI is InChI=1S/C12H18N2O2S/c1-4-16-11(15)8-5-6-9-10(8)14-12(17-9)13-7(2)3/h7-8H,4-6H2,1-3H3,(H,13,14). The monoisotopic (exact) mass is 254 g/mol. The quantitative estimate of drug-likeness (QED) is 0.839. The van der Waals surface area contributed by atoms with E-state index in [1.54, 1.807) is 11.3 Å². The van der Waals surface area contributed by atoms with Crippen molar-refractivity contribution >= 4 is 22.4 Å². The molecule has 17 heavy (non-hydrogen) atoms. The minimum atomic E-state index is -0.149. The van der Waals surface area contributed by atoms with Crippen molar-refractivity contribution in [2.75, 3.05) is 11.9 Å². The molecular weight excluding hydrogens is 236 g/mol. The Kier molecular flexibility index (Phi) is 3.66. The molecule has 0 fully saturated rings. The van der Waals surface area contributed by atoms with Crippen molar-refractivity contribution in [2.24, 2.45) is 0 Å². The summed E-state index contributed by atoms with van der Waals surface area (Å²) in [6.45, 7) is 6.43. The van der Waals surface area contributed by atoms with E-state index in [9.17, 15) is 4.79 Å². The molecule has 94 valence electrons. The van der Waals surface area contributed by atoms with Gasteiger partial charge in [0, 0.05) is 10.9 Å². The number of aromatic nitrogens is 1. The average Bonchev–Trinajstić information content (AvgIpc) is 2.75. The van der Waals surface area contributed by atoms with Crippen LogP contribution in [0.5, 0.6) is 0 Å². The third kappa shape index (κ3) is 2.60. The molecule has 0 bridgehead atoms. The van der Waals surface area contributed by atoms with Crippen molar-refractivity contribution in [3.8, 4) is 0 Å². The summed E-state index contributed by atoms with van der Waals surface area (Å²) in [5.41, 5.74) is 0.927. The lowest BCUT2D eigenvalue weighted by atomic mass is 10.1. The van der Waals surface area contributed by atoms with Gasteiger partial charge in [-0.2, -0.15) is 0 Å². The topological polar surface area (TPSA) is 51.2 Å². The van der Waals surface area contributed by atoms with Gasteiger partial charge in [-0.15, -0.1) is 11.3 Å². The lowest BCUT2D eigenvalue weighted by Gasteiger charge is -2.08. The number of ether oxygens (including phenoxy) is 1. The van der Waals surface area contributed by atoms with Gasteiger partial charge in [0.15, 0.2) is 5.13 Å². The highest BCUT2D eigenvalue weighted by Gasteiger charge is 2.33. The molecule has 0 saturated carbocycles. The molecule has 1 aliphatic carbocycles. The predicted octanol–water partition coefficient (Wildman–Crippen LogP) is 2.56. The van der Waals surface area contributed by atoms with Crippen molar-refractivity contribution in [3.05, 3.63) is 10.6 Å². The van der Waals surface area contributed by atoms with E-state index in [1.807, 2.05) is 6.92 Å². The number of nitrogens with one attached hydrogen (secondary N) is 1. The first-order valence-corrected chi connectivity index (χ1v) is 6.86. The number of rotatable bonds is 4. The molecule has 1 aromatic heterocycles. The number of thiazole rings is 1. The van der Waals surface area contributed by atoms with Gasteiger partial charge in [-0.3, -0.25) is 4.79 Å². The third-order valence-electron chi connectivity index (χ3n) is 2.70. The minimum absolute atomic E-state index is 0.132. The number of carbonyl (C=O) groups is 1. The van der Waals surface area contributed by atoms with Crippen molar-refractivity contribution in [1.82, 2.24) is 4.98 Å². The van der Waals surface area contributed by atoms with E-state index in [1.165, 1.54) is 4.88 Å². The van der Waals surface area contributed by atoms with Crippen molar-refractivity contribution in [3.63, 3.8) is 0 Å². The SMILES string of the molecule is CCOC(=O)C1CCc2sc(NC(C)C)nc21. The summed E-state index contributed by atoms with van der Waals surface area (Å²) >= 11 is 1.66. The van der Waals surface area contributed by atoms with Crippen molar-refractivity contribution < 1.29 is 9.53 Å². The first kappa shape index (κ1) is 12.4. The molecular formula is C12H18N2O2S. The predicted molar refractivity (Wildman–Crippen MR) is 68.6 cm³/mol. The third-order valence-corrected chi connectivity index (χ3v) is 3.76. The Morgan fingerprint density at radius 1 is 1.65 bits per heavy atom. The molecule has 0 radical (unpaired) electrons. The van der Waals surface area contributed by atoms with Crippen LogP contribution in [0.1, 0.15) is 43.7 Å². The number of carbonyl (C=O) groups excluding carboxylic acids is 1. The molecule has 1 heterocycles. The van der Waals surface area contributed by atoms with E-state index in [4.69, 9.17) is 4.74 Å². The Morgan fingerprint density at radius 3 is 3.06 bits per heavy atom. The first-order chi connectivity index (χ1) is 8.11. The molecule has 5 heteroatoms. The summed E-state index contributed by atoms with van der Waals surface area (Å²) in [6, 6.07) is 0.363. The van der Waals surface area contributed by atoms with E-state index in [0.717, 1.165) is 23.7 Å². The van der Waals surface area contributed by atoms with Gasteiger partial charge in [0.25, 0.3) is 0 Å². The lowest BCUT2D eigenvalue weighted by Crippen LogP contribution is -2.14. The fourth-order valence-corrected chi connectivity index (χ4v) is 3.19.